The maximum Gasteiger partial charge on any atom is 0.266 e. The average Bonchev–Trinajstić information content (AvgIpc) is 2.86. The van der Waals surface area contributed by atoms with Gasteiger partial charge in [-0.3, -0.25) is 4.79 Å². The highest BCUT2D eigenvalue weighted by Gasteiger charge is 2.17. The summed E-state index contributed by atoms with van der Waals surface area (Å²) in [5, 5.41) is 13.4. The molecule has 3 aromatic carbocycles. The first-order chi connectivity index (χ1) is 17.0. The van der Waals surface area contributed by atoms with Gasteiger partial charge in [0.25, 0.3) is 5.91 Å². The minimum absolute atomic E-state index is 0.123. The highest BCUT2D eigenvalue weighted by Crippen LogP contribution is 2.35. The van der Waals surface area contributed by atoms with Gasteiger partial charge in [-0.1, -0.05) is 41.4 Å². The van der Waals surface area contributed by atoms with Gasteiger partial charge in [0.2, 0.25) is 0 Å². The molecule has 0 aliphatic carbocycles. The lowest BCUT2D eigenvalue weighted by Crippen LogP contribution is -2.17. The lowest BCUT2D eigenvalue weighted by molar-refractivity contribution is -0.112. The molecule has 0 unspecified atom stereocenters. The second-order valence-electron chi connectivity index (χ2n) is 7.39. The van der Waals surface area contributed by atoms with E-state index in [4.69, 9.17) is 42.1 Å². The predicted octanol–water partition coefficient (Wildman–Crippen LogP) is 5.90. The molecule has 1 N–H and O–H groups in total. The number of anilines is 1. The van der Waals surface area contributed by atoms with Gasteiger partial charge in [0, 0.05) is 32.9 Å². The maximum absolute atomic E-state index is 12.9. The van der Waals surface area contributed by atoms with Crippen molar-refractivity contribution in [1.82, 2.24) is 0 Å². The number of amides is 1. The number of fused-ring (bicyclic) bond motifs is 1. The number of nitrogens with one attached hydrogen (secondary N) is 1. The fourth-order valence-electron chi connectivity index (χ4n) is 3.37. The quantitative estimate of drug-likeness (QED) is 0.314. The molecule has 0 aromatic heterocycles. The van der Waals surface area contributed by atoms with Crippen molar-refractivity contribution in [2.75, 3.05) is 25.6 Å². The molecule has 0 spiro atoms. The summed E-state index contributed by atoms with van der Waals surface area (Å²) in [6, 6.07) is 17.3. The first-order valence-corrected chi connectivity index (χ1v) is 11.3. The largest absolute Gasteiger partial charge is 0.493 e. The van der Waals surface area contributed by atoms with Gasteiger partial charge in [0.15, 0.2) is 23.0 Å². The summed E-state index contributed by atoms with van der Waals surface area (Å²) in [7, 11) is 1.50. The summed E-state index contributed by atoms with van der Waals surface area (Å²) in [5.74, 6) is 1.35. The van der Waals surface area contributed by atoms with Crippen molar-refractivity contribution < 1.29 is 23.7 Å². The van der Waals surface area contributed by atoms with Crippen LogP contribution in [0.4, 0.5) is 5.69 Å². The lowest BCUT2D eigenvalue weighted by atomic mass is 10.1. The van der Waals surface area contributed by atoms with Gasteiger partial charge in [0.05, 0.1) is 7.11 Å². The molecule has 1 aliphatic rings. The Morgan fingerprint density at radius 3 is 2.66 bits per heavy atom. The van der Waals surface area contributed by atoms with Gasteiger partial charge in [0.1, 0.15) is 31.5 Å². The van der Waals surface area contributed by atoms with E-state index < -0.39 is 5.91 Å². The molecule has 0 radical (unpaired) electrons. The number of hydrogen-bond donors (Lipinski definition) is 1. The van der Waals surface area contributed by atoms with Crippen molar-refractivity contribution in [3.8, 4) is 29.1 Å². The minimum atomic E-state index is -0.585. The van der Waals surface area contributed by atoms with Gasteiger partial charge in [-0.25, -0.2) is 0 Å². The zero-order valence-electron chi connectivity index (χ0n) is 18.6. The number of nitrogens with zero attached hydrogens (tertiary/aromatic N) is 1. The third-order valence-corrected chi connectivity index (χ3v) is 5.67. The van der Waals surface area contributed by atoms with Crippen LogP contribution in [0.3, 0.4) is 0 Å². The monoisotopic (exact) mass is 510 g/mol. The Balaban J connectivity index is 1.58. The van der Waals surface area contributed by atoms with Crippen molar-refractivity contribution in [1.29, 1.82) is 5.26 Å². The van der Waals surface area contributed by atoms with Gasteiger partial charge in [-0.05, 0) is 36.4 Å². The third kappa shape index (κ3) is 5.80. The molecular formula is C26H20Cl2N2O5. The van der Waals surface area contributed by atoms with Crippen LogP contribution in [0.1, 0.15) is 11.1 Å². The first-order valence-electron chi connectivity index (χ1n) is 10.5. The van der Waals surface area contributed by atoms with Crippen LogP contribution in [0.5, 0.6) is 23.0 Å². The van der Waals surface area contributed by atoms with Crippen LogP contribution in [0.2, 0.25) is 10.0 Å². The average molecular weight is 511 g/mol. The van der Waals surface area contributed by atoms with Crippen LogP contribution < -0.4 is 24.3 Å². The van der Waals surface area contributed by atoms with E-state index in [9.17, 15) is 10.1 Å². The highest BCUT2D eigenvalue weighted by atomic mass is 35.5. The Labute approximate surface area is 212 Å². The minimum Gasteiger partial charge on any atom is -0.493 e. The SMILES string of the molecule is COc1cccc(/C=C(/C#N)C(=O)Nc2ccc3c(c2)OCCO3)c1OCc1ccc(Cl)cc1Cl. The first kappa shape index (κ1) is 24.3. The number of carbonyl (C=O) groups is 1. The number of halogens is 2. The van der Waals surface area contributed by atoms with Crippen molar-refractivity contribution in [2.24, 2.45) is 0 Å². The molecule has 7 nitrogen and oxygen atoms in total. The van der Waals surface area contributed by atoms with E-state index in [2.05, 4.69) is 5.32 Å². The number of rotatable bonds is 7. The smallest absolute Gasteiger partial charge is 0.266 e. The molecule has 0 saturated carbocycles. The second-order valence-corrected chi connectivity index (χ2v) is 8.23. The number of methoxy groups -OCH3 is 1. The lowest BCUT2D eigenvalue weighted by Gasteiger charge is -2.19. The van der Waals surface area contributed by atoms with Crippen LogP contribution in [-0.4, -0.2) is 26.2 Å². The van der Waals surface area contributed by atoms with E-state index in [1.165, 1.54) is 13.2 Å². The van der Waals surface area contributed by atoms with E-state index in [-0.39, 0.29) is 12.2 Å². The van der Waals surface area contributed by atoms with Crippen LogP contribution in [-0.2, 0) is 11.4 Å². The molecule has 4 rings (SSSR count). The van der Waals surface area contributed by atoms with Gasteiger partial charge in [-0.15, -0.1) is 0 Å². The molecule has 0 saturated heterocycles. The van der Waals surface area contributed by atoms with Gasteiger partial charge >= 0.3 is 0 Å². The van der Waals surface area contributed by atoms with E-state index >= 15 is 0 Å². The number of carbonyl (C=O) groups excluding carboxylic acids is 1. The molecule has 1 amide bonds. The fraction of sp³-hybridized carbons (Fsp3) is 0.154. The normalized spacial score (nSPS) is 12.5. The Hall–Kier alpha value is -3.86. The van der Waals surface area contributed by atoms with Gasteiger partial charge < -0.3 is 24.3 Å². The van der Waals surface area contributed by atoms with E-state index in [0.29, 0.717) is 63.1 Å². The second kappa shape index (κ2) is 11.0. The topological polar surface area (TPSA) is 89.8 Å². The highest BCUT2D eigenvalue weighted by molar-refractivity contribution is 6.35. The standard InChI is InChI=1S/C26H20Cl2N2O5/c1-32-23-4-2-3-16(25(23)35-15-17-5-6-19(27)12-21(17)28)11-18(14-29)26(31)30-20-7-8-22-24(13-20)34-10-9-33-22/h2-8,11-13H,9-10,15H2,1H3,(H,30,31)/b18-11-. The zero-order valence-corrected chi connectivity index (χ0v) is 20.2. The molecule has 1 heterocycles. The summed E-state index contributed by atoms with van der Waals surface area (Å²) in [6.45, 7) is 1.02. The Kier molecular flexibility index (Phi) is 7.66. The summed E-state index contributed by atoms with van der Waals surface area (Å²) < 4.78 is 22.5. The van der Waals surface area contributed by atoms with Gasteiger partial charge in [-0.2, -0.15) is 5.26 Å². The molecule has 0 atom stereocenters. The molecule has 178 valence electrons. The number of nitriles is 1. The fourth-order valence-corrected chi connectivity index (χ4v) is 3.84. The Morgan fingerprint density at radius 1 is 1.11 bits per heavy atom. The molecular weight excluding hydrogens is 491 g/mol. The van der Waals surface area contributed by atoms with Crippen LogP contribution in [0, 0.1) is 11.3 Å². The van der Waals surface area contributed by atoms with Crippen molar-refractivity contribution >= 4 is 40.9 Å². The number of hydrogen-bond acceptors (Lipinski definition) is 6. The molecule has 1 aliphatic heterocycles. The number of benzene rings is 3. The summed E-state index contributed by atoms with van der Waals surface area (Å²) in [4.78, 5) is 12.9. The molecule has 0 fully saturated rings. The molecule has 35 heavy (non-hydrogen) atoms. The number of ether oxygens (including phenoxy) is 4. The van der Waals surface area contributed by atoms with Crippen LogP contribution in [0.15, 0.2) is 60.2 Å². The molecule has 0 bridgehead atoms. The molecule has 9 heteroatoms. The van der Waals surface area contributed by atoms with Crippen molar-refractivity contribution in [3.63, 3.8) is 0 Å². The summed E-state index contributed by atoms with van der Waals surface area (Å²) in [5.41, 5.74) is 1.56. The Morgan fingerprint density at radius 2 is 1.91 bits per heavy atom. The van der Waals surface area contributed by atoms with Crippen LogP contribution in [0.25, 0.3) is 6.08 Å². The Bertz CT molecular complexity index is 1330. The third-order valence-electron chi connectivity index (χ3n) is 5.08. The van der Waals surface area contributed by atoms with Crippen molar-refractivity contribution in [3.05, 3.63) is 81.3 Å². The zero-order chi connectivity index (χ0) is 24.8. The number of para-hydroxylation sites is 1. The van der Waals surface area contributed by atoms with Crippen LogP contribution >= 0.6 is 23.2 Å². The van der Waals surface area contributed by atoms with E-state index in [0.717, 1.165) is 0 Å². The predicted molar refractivity (Wildman–Crippen MR) is 133 cm³/mol. The van der Waals surface area contributed by atoms with Crippen molar-refractivity contribution in [2.45, 2.75) is 6.61 Å². The maximum atomic E-state index is 12.9. The van der Waals surface area contributed by atoms with E-state index in [1.807, 2.05) is 6.07 Å². The summed E-state index contributed by atoms with van der Waals surface area (Å²) >= 11 is 12.2. The summed E-state index contributed by atoms with van der Waals surface area (Å²) in [6.07, 6.45) is 1.44. The van der Waals surface area contributed by atoms with E-state index in [1.54, 1.807) is 54.6 Å². The molecule has 3 aromatic rings.